The third-order valence-corrected chi connectivity index (χ3v) is 4.38. The Morgan fingerprint density at radius 3 is 2.14 bits per heavy atom. The summed E-state index contributed by atoms with van der Waals surface area (Å²) in [7, 11) is 2.01. The predicted octanol–water partition coefficient (Wildman–Crippen LogP) is 1.97. The lowest BCUT2D eigenvalue weighted by atomic mass is 9.88. The summed E-state index contributed by atoms with van der Waals surface area (Å²) in [5.74, 6) is 0.801. The molecular formula is C17H33BN2O2. The van der Waals surface area contributed by atoms with Gasteiger partial charge >= 0.3 is 0 Å². The molecule has 4 nitrogen and oxygen atoms in total. The molecule has 0 spiro atoms. The van der Waals surface area contributed by atoms with Gasteiger partial charge in [-0.05, 0) is 31.1 Å². The highest BCUT2D eigenvalue weighted by Crippen LogP contribution is 2.21. The first-order valence-electron chi connectivity index (χ1n) is 9.06. The van der Waals surface area contributed by atoms with Gasteiger partial charge in [-0.25, -0.2) is 0 Å². The van der Waals surface area contributed by atoms with Gasteiger partial charge in [-0.1, -0.05) is 52.4 Å². The third-order valence-electron chi connectivity index (χ3n) is 4.38. The van der Waals surface area contributed by atoms with E-state index in [1.807, 2.05) is 7.85 Å². The minimum absolute atomic E-state index is 0.0635. The van der Waals surface area contributed by atoms with E-state index in [1.54, 1.807) is 0 Å². The fourth-order valence-corrected chi connectivity index (χ4v) is 3.30. The molecule has 22 heavy (non-hydrogen) atoms. The molecule has 0 bridgehead atoms. The van der Waals surface area contributed by atoms with Crippen LogP contribution >= 0.6 is 0 Å². The largest absolute Gasteiger partial charge is 0.360 e. The number of rotatable bonds is 6. The van der Waals surface area contributed by atoms with E-state index in [0.29, 0.717) is 5.92 Å². The van der Waals surface area contributed by atoms with Gasteiger partial charge in [0.1, 0.15) is 7.85 Å². The van der Waals surface area contributed by atoms with Crippen molar-refractivity contribution in [1.82, 2.24) is 10.6 Å². The van der Waals surface area contributed by atoms with Crippen LogP contribution in [0, 0.1) is 11.8 Å². The summed E-state index contributed by atoms with van der Waals surface area (Å²) in [6, 6.07) is 0. The van der Waals surface area contributed by atoms with Crippen molar-refractivity contribution >= 4 is 19.7 Å². The maximum atomic E-state index is 12.3. The van der Waals surface area contributed by atoms with Crippen LogP contribution in [0.15, 0.2) is 0 Å². The monoisotopic (exact) mass is 308 g/mol. The second-order valence-electron chi connectivity index (χ2n) is 7.21. The van der Waals surface area contributed by atoms with E-state index in [9.17, 15) is 9.59 Å². The summed E-state index contributed by atoms with van der Waals surface area (Å²) in [4.78, 5) is 24.1. The lowest BCUT2D eigenvalue weighted by Gasteiger charge is -2.18. The van der Waals surface area contributed by atoms with Crippen LogP contribution in [0.25, 0.3) is 0 Å². The summed E-state index contributed by atoms with van der Waals surface area (Å²) in [5.41, 5.74) is 0. The van der Waals surface area contributed by atoms with Crippen molar-refractivity contribution in [3.8, 4) is 0 Å². The fraction of sp³-hybridized carbons (Fsp3) is 0.882. The Bertz CT molecular complexity index is 338. The Labute approximate surface area is 136 Å². The van der Waals surface area contributed by atoms with Crippen molar-refractivity contribution in [3.05, 3.63) is 0 Å². The quantitative estimate of drug-likeness (QED) is 0.737. The molecule has 0 aromatic heterocycles. The highest BCUT2D eigenvalue weighted by atomic mass is 16.2. The van der Waals surface area contributed by atoms with Crippen LogP contribution in [0.2, 0.25) is 0 Å². The molecule has 1 aliphatic carbocycles. The minimum Gasteiger partial charge on any atom is -0.360 e. The van der Waals surface area contributed by atoms with Gasteiger partial charge in [0.15, 0.2) is 0 Å². The van der Waals surface area contributed by atoms with Crippen molar-refractivity contribution in [2.45, 2.75) is 77.6 Å². The van der Waals surface area contributed by atoms with Gasteiger partial charge in [0.25, 0.3) is 0 Å². The van der Waals surface area contributed by atoms with E-state index < -0.39 is 0 Å². The van der Waals surface area contributed by atoms with Crippen molar-refractivity contribution < 1.29 is 9.59 Å². The fourth-order valence-electron chi connectivity index (χ4n) is 3.30. The molecule has 1 saturated carbocycles. The smallest absolute Gasteiger partial charge is 0.238 e. The van der Waals surface area contributed by atoms with Gasteiger partial charge in [0.05, 0.1) is 6.54 Å². The maximum Gasteiger partial charge on any atom is 0.238 e. The predicted molar refractivity (Wildman–Crippen MR) is 93.4 cm³/mol. The van der Waals surface area contributed by atoms with Crippen molar-refractivity contribution in [3.63, 3.8) is 0 Å². The molecule has 2 amide bonds. The summed E-state index contributed by atoms with van der Waals surface area (Å²) >= 11 is 0. The molecule has 0 aromatic carbocycles. The van der Waals surface area contributed by atoms with Crippen LogP contribution in [0.1, 0.15) is 71.6 Å². The SMILES string of the molecule is B[C@H](CC(C)C)NC(=O)CNC(=O)C1CCCCCCCC1. The zero-order valence-corrected chi connectivity index (χ0v) is 14.6. The van der Waals surface area contributed by atoms with Crippen LogP contribution in [-0.4, -0.2) is 32.1 Å². The Kier molecular flexibility index (Phi) is 9.25. The maximum absolute atomic E-state index is 12.3. The van der Waals surface area contributed by atoms with Crippen LogP contribution in [0.3, 0.4) is 0 Å². The summed E-state index contributed by atoms with van der Waals surface area (Å²) in [5, 5.41) is 5.78. The van der Waals surface area contributed by atoms with Gasteiger partial charge < -0.3 is 10.6 Å². The first-order chi connectivity index (χ1) is 10.5. The Hall–Kier alpha value is -0.995. The summed E-state index contributed by atoms with van der Waals surface area (Å²) in [6.07, 6.45) is 10.2. The van der Waals surface area contributed by atoms with Gasteiger partial charge in [-0.2, -0.15) is 0 Å². The normalized spacial score (nSPS) is 18.9. The van der Waals surface area contributed by atoms with Crippen molar-refractivity contribution in [2.75, 3.05) is 6.54 Å². The molecule has 1 atom stereocenters. The number of hydrogen-bond donors (Lipinski definition) is 2. The number of carbonyl (C=O) groups is 2. The molecule has 0 unspecified atom stereocenters. The molecular weight excluding hydrogens is 275 g/mol. The molecule has 0 aromatic rings. The minimum atomic E-state index is -0.0791. The van der Waals surface area contributed by atoms with Crippen molar-refractivity contribution in [2.24, 2.45) is 11.8 Å². The van der Waals surface area contributed by atoms with Gasteiger partial charge in [-0.15, -0.1) is 0 Å². The summed E-state index contributed by atoms with van der Waals surface area (Å²) < 4.78 is 0. The molecule has 1 fully saturated rings. The Balaban J connectivity index is 2.29. The number of nitrogens with one attached hydrogen (secondary N) is 2. The lowest BCUT2D eigenvalue weighted by molar-refractivity contribution is -0.129. The van der Waals surface area contributed by atoms with E-state index in [1.165, 1.54) is 25.7 Å². The van der Waals surface area contributed by atoms with Crippen molar-refractivity contribution in [1.29, 1.82) is 0 Å². The van der Waals surface area contributed by atoms with E-state index in [2.05, 4.69) is 24.5 Å². The van der Waals surface area contributed by atoms with Gasteiger partial charge in [0.2, 0.25) is 11.8 Å². The number of amides is 2. The molecule has 5 heteroatoms. The number of hydrogen-bond acceptors (Lipinski definition) is 2. The average Bonchev–Trinajstić information content (AvgIpc) is 2.57. The standard InChI is InChI=1S/C17H33BN2O2/c1-13(2)11-15(18)20-16(21)12-19-17(22)14-9-7-5-3-4-6-8-10-14/h13-15H,3-12,18H2,1-2H3,(H,19,22)(H,20,21)/t15-/m0/s1. The average molecular weight is 308 g/mol. The molecule has 0 radical (unpaired) electrons. The molecule has 0 aliphatic heterocycles. The molecule has 0 heterocycles. The second kappa shape index (κ2) is 10.7. The summed E-state index contributed by atoms with van der Waals surface area (Å²) in [6.45, 7) is 4.39. The van der Waals surface area contributed by atoms with Gasteiger partial charge in [0, 0.05) is 5.92 Å². The molecule has 2 N–H and O–H groups in total. The number of carbonyl (C=O) groups excluding carboxylic acids is 2. The molecule has 0 saturated heterocycles. The lowest BCUT2D eigenvalue weighted by Crippen LogP contribution is -2.44. The van der Waals surface area contributed by atoms with Crippen LogP contribution in [-0.2, 0) is 9.59 Å². The van der Waals surface area contributed by atoms with Gasteiger partial charge in [-0.3, -0.25) is 9.59 Å². The Morgan fingerprint density at radius 1 is 1.05 bits per heavy atom. The zero-order valence-electron chi connectivity index (χ0n) is 14.6. The van der Waals surface area contributed by atoms with E-state index in [4.69, 9.17) is 0 Å². The Morgan fingerprint density at radius 2 is 1.59 bits per heavy atom. The molecule has 126 valence electrons. The molecule has 1 aliphatic rings. The van der Waals surface area contributed by atoms with E-state index >= 15 is 0 Å². The van der Waals surface area contributed by atoms with Crippen LogP contribution < -0.4 is 10.6 Å². The second-order valence-corrected chi connectivity index (χ2v) is 7.21. The third kappa shape index (κ3) is 8.45. The highest BCUT2D eigenvalue weighted by Gasteiger charge is 2.19. The highest BCUT2D eigenvalue weighted by molar-refractivity contribution is 6.13. The first kappa shape index (κ1) is 19.1. The first-order valence-corrected chi connectivity index (χ1v) is 9.06. The van der Waals surface area contributed by atoms with Crippen LogP contribution in [0.5, 0.6) is 0 Å². The zero-order chi connectivity index (χ0) is 16.4. The topological polar surface area (TPSA) is 58.2 Å². The van der Waals surface area contributed by atoms with Crippen LogP contribution in [0.4, 0.5) is 0 Å². The van der Waals surface area contributed by atoms with E-state index in [0.717, 1.165) is 32.1 Å². The molecule has 1 rings (SSSR count). The van der Waals surface area contributed by atoms with E-state index in [-0.39, 0.29) is 30.2 Å².